The van der Waals surface area contributed by atoms with Gasteiger partial charge in [0.15, 0.2) is 0 Å². The van der Waals surface area contributed by atoms with Gasteiger partial charge in [0.2, 0.25) is 0 Å². The van der Waals surface area contributed by atoms with Gasteiger partial charge < -0.3 is 15.0 Å². The molecule has 0 saturated heterocycles. The molecule has 4 heterocycles. The molecule has 1 aliphatic rings. The van der Waals surface area contributed by atoms with E-state index in [-0.39, 0.29) is 23.1 Å². The van der Waals surface area contributed by atoms with E-state index in [0.29, 0.717) is 18.7 Å². The summed E-state index contributed by atoms with van der Waals surface area (Å²) in [4.78, 5) is 39.4. The zero-order valence-electron chi connectivity index (χ0n) is 15.3. The van der Waals surface area contributed by atoms with E-state index in [0.717, 1.165) is 17.0 Å². The lowest BCUT2D eigenvalue weighted by atomic mass is 9.90. The number of carbonyl (C=O) groups is 1. The zero-order chi connectivity index (χ0) is 20.0. The van der Waals surface area contributed by atoms with E-state index in [4.69, 9.17) is 0 Å². The van der Waals surface area contributed by atoms with Crippen LogP contribution in [-0.2, 0) is 6.54 Å². The number of carbonyl (C=O) groups excluding carboxylic acids is 1. The number of hydrogen-bond acceptors (Lipinski definition) is 5. The number of phenols is 1. The van der Waals surface area contributed by atoms with E-state index in [2.05, 4.69) is 15.0 Å². The molecule has 2 N–H and O–H groups in total. The van der Waals surface area contributed by atoms with Crippen LogP contribution in [0.25, 0.3) is 5.65 Å². The number of rotatable bonds is 2. The van der Waals surface area contributed by atoms with E-state index < -0.39 is 5.56 Å². The van der Waals surface area contributed by atoms with Crippen LogP contribution in [0.15, 0.2) is 66.0 Å². The number of pyridine rings is 1. The Balaban J connectivity index is 1.55. The molecule has 144 valence electrons. The van der Waals surface area contributed by atoms with Gasteiger partial charge in [-0.3, -0.25) is 14.0 Å². The fraction of sp³-hybridized carbons (Fsp3) is 0.143. The SMILES string of the molecule is O=C(c1cnc2ccccn2c1=O)N1Cc2[nH]cnc2C(c2cccc(O)c2)C1. The van der Waals surface area contributed by atoms with Crippen LogP contribution in [0.5, 0.6) is 5.75 Å². The van der Waals surface area contributed by atoms with Crippen molar-refractivity contribution in [1.29, 1.82) is 0 Å². The predicted molar refractivity (Wildman–Crippen MR) is 105 cm³/mol. The number of aromatic hydroxyl groups is 1. The van der Waals surface area contributed by atoms with Crippen molar-refractivity contribution in [3.8, 4) is 5.75 Å². The van der Waals surface area contributed by atoms with Crippen molar-refractivity contribution >= 4 is 11.6 Å². The lowest BCUT2D eigenvalue weighted by Gasteiger charge is -2.32. The first-order valence-corrected chi connectivity index (χ1v) is 9.18. The molecule has 29 heavy (non-hydrogen) atoms. The molecule has 1 atom stereocenters. The Morgan fingerprint density at radius 3 is 2.93 bits per heavy atom. The molecule has 0 spiro atoms. The predicted octanol–water partition coefficient (Wildman–Crippen LogP) is 1.91. The molecule has 0 bridgehead atoms. The maximum atomic E-state index is 13.2. The Morgan fingerprint density at radius 1 is 1.17 bits per heavy atom. The van der Waals surface area contributed by atoms with Crippen molar-refractivity contribution in [2.45, 2.75) is 12.5 Å². The summed E-state index contributed by atoms with van der Waals surface area (Å²) < 4.78 is 1.37. The molecular weight excluding hydrogens is 370 g/mol. The summed E-state index contributed by atoms with van der Waals surface area (Å²) in [5, 5.41) is 9.87. The number of nitrogens with zero attached hydrogens (tertiary/aromatic N) is 4. The fourth-order valence-corrected chi connectivity index (χ4v) is 3.82. The maximum Gasteiger partial charge on any atom is 0.270 e. The van der Waals surface area contributed by atoms with Crippen molar-refractivity contribution in [3.63, 3.8) is 0 Å². The fourth-order valence-electron chi connectivity index (χ4n) is 3.82. The van der Waals surface area contributed by atoms with Crippen molar-refractivity contribution < 1.29 is 9.90 Å². The first-order chi connectivity index (χ1) is 14.1. The topological polar surface area (TPSA) is 104 Å². The van der Waals surface area contributed by atoms with Crippen LogP contribution in [-0.4, -0.2) is 41.8 Å². The van der Waals surface area contributed by atoms with Gasteiger partial charge in [-0.2, -0.15) is 0 Å². The summed E-state index contributed by atoms with van der Waals surface area (Å²) in [7, 11) is 0. The van der Waals surface area contributed by atoms with Crippen LogP contribution >= 0.6 is 0 Å². The smallest absolute Gasteiger partial charge is 0.270 e. The molecule has 0 radical (unpaired) electrons. The van der Waals surface area contributed by atoms with Gasteiger partial charge in [-0.25, -0.2) is 9.97 Å². The van der Waals surface area contributed by atoms with E-state index in [1.165, 1.54) is 10.6 Å². The average Bonchev–Trinajstić information content (AvgIpc) is 3.22. The first kappa shape index (κ1) is 17.2. The van der Waals surface area contributed by atoms with E-state index in [1.807, 2.05) is 6.07 Å². The third kappa shape index (κ3) is 2.85. The Labute approximate surface area is 165 Å². The van der Waals surface area contributed by atoms with Crippen molar-refractivity contribution in [2.75, 3.05) is 6.54 Å². The molecule has 1 aliphatic heterocycles. The first-order valence-electron chi connectivity index (χ1n) is 9.18. The Morgan fingerprint density at radius 2 is 2.07 bits per heavy atom. The molecule has 4 aromatic rings. The highest BCUT2D eigenvalue weighted by Crippen LogP contribution is 2.33. The summed E-state index contributed by atoms with van der Waals surface area (Å²) in [6.45, 7) is 0.664. The minimum Gasteiger partial charge on any atom is -0.508 e. The van der Waals surface area contributed by atoms with Gasteiger partial charge in [-0.1, -0.05) is 18.2 Å². The van der Waals surface area contributed by atoms with Gasteiger partial charge in [0.1, 0.15) is 17.0 Å². The third-order valence-corrected chi connectivity index (χ3v) is 5.24. The molecule has 1 aromatic carbocycles. The third-order valence-electron chi connectivity index (χ3n) is 5.24. The molecule has 3 aromatic heterocycles. The number of amides is 1. The molecule has 1 unspecified atom stereocenters. The second-order valence-corrected chi connectivity index (χ2v) is 7.01. The van der Waals surface area contributed by atoms with Crippen LogP contribution in [0, 0.1) is 0 Å². The summed E-state index contributed by atoms with van der Waals surface area (Å²) in [6.07, 6.45) is 4.53. The summed E-state index contributed by atoms with van der Waals surface area (Å²) in [6, 6.07) is 12.1. The van der Waals surface area contributed by atoms with Crippen LogP contribution < -0.4 is 5.56 Å². The summed E-state index contributed by atoms with van der Waals surface area (Å²) in [5.41, 5.74) is 2.61. The lowest BCUT2D eigenvalue weighted by molar-refractivity contribution is 0.0719. The molecule has 1 amide bonds. The monoisotopic (exact) mass is 387 g/mol. The largest absolute Gasteiger partial charge is 0.508 e. The summed E-state index contributed by atoms with van der Waals surface area (Å²) >= 11 is 0. The van der Waals surface area contributed by atoms with Crippen LogP contribution in [0.4, 0.5) is 0 Å². The summed E-state index contributed by atoms with van der Waals surface area (Å²) in [5.74, 6) is -0.441. The van der Waals surface area contributed by atoms with E-state index >= 15 is 0 Å². The van der Waals surface area contributed by atoms with Crippen LogP contribution in [0.2, 0.25) is 0 Å². The lowest BCUT2D eigenvalue weighted by Crippen LogP contribution is -2.41. The number of aromatic nitrogens is 4. The highest BCUT2D eigenvalue weighted by molar-refractivity contribution is 5.94. The number of H-pyrrole nitrogens is 1. The second-order valence-electron chi connectivity index (χ2n) is 7.01. The molecule has 0 fully saturated rings. The minimum atomic E-state index is -0.398. The molecule has 8 heteroatoms. The standard InChI is InChI=1S/C21H17N5O3/c27-14-5-3-4-13(8-14)16-10-25(11-17-19(16)24-12-23-17)20(28)15-9-22-18-6-1-2-7-26(18)21(15)29/h1-9,12,16,27H,10-11H2,(H,23,24). The van der Waals surface area contributed by atoms with Crippen LogP contribution in [0.3, 0.4) is 0 Å². The molecule has 5 rings (SSSR count). The van der Waals surface area contributed by atoms with Crippen molar-refractivity contribution in [2.24, 2.45) is 0 Å². The Hall–Kier alpha value is -3.94. The number of benzene rings is 1. The average molecular weight is 387 g/mol. The van der Waals surface area contributed by atoms with E-state index in [9.17, 15) is 14.7 Å². The normalized spacial score (nSPS) is 16.0. The molecular formula is C21H17N5O3. The second kappa shape index (κ2) is 6.59. The number of hydrogen-bond donors (Lipinski definition) is 2. The highest BCUT2D eigenvalue weighted by Gasteiger charge is 2.33. The van der Waals surface area contributed by atoms with Crippen molar-refractivity contribution in [1.82, 2.24) is 24.3 Å². The molecule has 8 nitrogen and oxygen atoms in total. The van der Waals surface area contributed by atoms with Gasteiger partial charge in [0.05, 0.1) is 24.3 Å². The molecule has 0 aliphatic carbocycles. The number of nitrogens with one attached hydrogen (secondary N) is 1. The zero-order valence-corrected chi connectivity index (χ0v) is 15.3. The highest BCUT2D eigenvalue weighted by atomic mass is 16.3. The molecule has 0 saturated carbocycles. The van der Waals surface area contributed by atoms with Gasteiger partial charge in [-0.15, -0.1) is 0 Å². The minimum absolute atomic E-state index is 0.0197. The van der Waals surface area contributed by atoms with Gasteiger partial charge in [0.25, 0.3) is 11.5 Å². The Kier molecular flexibility index (Phi) is 3.90. The Bertz CT molecular complexity index is 1290. The number of imidazole rings is 1. The van der Waals surface area contributed by atoms with E-state index in [1.54, 1.807) is 53.8 Å². The quantitative estimate of drug-likeness (QED) is 0.547. The van der Waals surface area contributed by atoms with Gasteiger partial charge >= 0.3 is 0 Å². The van der Waals surface area contributed by atoms with Crippen LogP contribution in [0.1, 0.15) is 33.2 Å². The maximum absolute atomic E-state index is 13.2. The number of aromatic amines is 1. The number of fused-ring (bicyclic) bond motifs is 2. The van der Waals surface area contributed by atoms with Gasteiger partial charge in [0, 0.05) is 24.9 Å². The van der Waals surface area contributed by atoms with Gasteiger partial charge in [-0.05, 0) is 29.8 Å². The number of phenolic OH excluding ortho intramolecular Hbond substituents is 1. The van der Waals surface area contributed by atoms with Crippen molar-refractivity contribution in [3.05, 3.63) is 94.1 Å².